The summed E-state index contributed by atoms with van der Waals surface area (Å²) in [7, 11) is 0. The molecule has 3 unspecified atom stereocenters. The molecule has 0 rings (SSSR count). The van der Waals surface area contributed by atoms with Crippen LogP contribution in [-0.4, -0.2) is 76.8 Å². The van der Waals surface area contributed by atoms with Gasteiger partial charge in [0.25, 0.3) is 0 Å². The number of nitrogens with one attached hydrogen (secondary N) is 3. The van der Waals surface area contributed by atoms with Crippen LogP contribution in [0, 0.1) is 0 Å². The van der Waals surface area contributed by atoms with Crippen molar-refractivity contribution in [1.82, 2.24) is 16.0 Å². The Hall–Kier alpha value is -2.38. The number of carboxylic acids is 2. The summed E-state index contributed by atoms with van der Waals surface area (Å²) >= 11 is 3.99. The van der Waals surface area contributed by atoms with E-state index in [-0.39, 0.29) is 25.1 Å². The zero-order valence-corrected chi connectivity index (χ0v) is 16.8. The van der Waals surface area contributed by atoms with Crippen LogP contribution in [0.3, 0.4) is 0 Å². The number of amides is 3. The van der Waals surface area contributed by atoms with Gasteiger partial charge < -0.3 is 37.6 Å². The summed E-state index contributed by atoms with van der Waals surface area (Å²) in [6.45, 7) is 0.0340. The number of hydrogen-bond donors (Lipinski definition) is 8. The van der Waals surface area contributed by atoms with Crippen LogP contribution in [0.15, 0.2) is 0 Å². The molecule has 3 atom stereocenters. The highest BCUT2D eigenvalue weighted by Crippen LogP contribution is 2.05. The zero-order chi connectivity index (χ0) is 22.4. The van der Waals surface area contributed by atoms with Gasteiger partial charge in [0.1, 0.15) is 18.1 Å². The molecule has 29 heavy (non-hydrogen) atoms. The van der Waals surface area contributed by atoms with E-state index in [1.54, 1.807) is 0 Å². The van der Waals surface area contributed by atoms with Gasteiger partial charge in [0.2, 0.25) is 17.7 Å². The second-order valence-electron chi connectivity index (χ2n) is 6.18. The van der Waals surface area contributed by atoms with Crippen LogP contribution < -0.4 is 27.4 Å². The summed E-state index contributed by atoms with van der Waals surface area (Å²) in [5.41, 5.74) is 10.6. The average Bonchev–Trinajstić information content (AvgIpc) is 2.67. The van der Waals surface area contributed by atoms with Crippen LogP contribution in [0.25, 0.3) is 0 Å². The molecule has 166 valence electrons. The molecule has 13 heteroatoms. The van der Waals surface area contributed by atoms with E-state index in [4.69, 9.17) is 16.6 Å². The lowest BCUT2D eigenvalue weighted by Crippen LogP contribution is -2.56. The monoisotopic (exact) mass is 435 g/mol. The molecule has 0 radical (unpaired) electrons. The predicted octanol–water partition coefficient (Wildman–Crippen LogP) is -2.59. The smallest absolute Gasteiger partial charge is 0.326 e. The van der Waals surface area contributed by atoms with Crippen molar-refractivity contribution in [1.29, 1.82) is 0 Å². The van der Waals surface area contributed by atoms with Crippen molar-refractivity contribution in [3.8, 4) is 0 Å². The summed E-state index contributed by atoms with van der Waals surface area (Å²) in [4.78, 5) is 58.3. The van der Waals surface area contributed by atoms with Gasteiger partial charge in [-0.1, -0.05) is 0 Å². The van der Waals surface area contributed by atoms with Crippen LogP contribution in [0.2, 0.25) is 0 Å². The molecule has 0 aliphatic rings. The van der Waals surface area contributed by atoms with E-state index in [1.807, 2.05) is 0 Å². The molecule has 0 saturated carbocycles. The number of aliphatic carboxylic acids is 2. The lowest BCUT2D eigenvalue weighted by molar-refractivity contribution is -0.143. The molecule has 0 spiro atoms. The number of unbranched alkanes of at least 4 members (excludes halogenated alkanes) is 1. The maximum Gasteiger partial charge on any atom is 0.326 e. The van der Waals surface area contributed by atoms with Crippen molar-refractivity contribution in [2.24, 2.45) is 11.5 Å². The molecule has 12 nitrogen and oxygen atoms in total. The third-order valence-corrected chi connectivity index (χ3v) is 4.23. The van der Waals surface area contributed by atoms with Gasteiger partial charge in [-0.15, -0.1) is 0 Å². The summed E-state index contributed by atoms with van der Waals surface area (Å²) < 4.78 is 0. The van der Waals surface area contributed by atoms with E-state index < -0.39 is 54.2 Å². The quantitative estimate of drug-likeness (QED) is 0.0998. The first-order chi connectivity index (χ1) is 13.7. The average molecular weight is 436 g/mol. The Kier molecular flexibility index (Phi) is 13.4. The largest absolute Gasteiger partial charge is 0.481 e. The molecule has 0 aromatic heterocycles. The van der Waals surface area contributed by atoms with Crippen molar-refractivity contribution in [2.75, 3.05) is 18.8 Å². The normalized spacial score (nSPS) is 13.6. The fourth-order valence-corrected chi connectivity index (χ4v) is 2.54. The van der Waals surface area contributed by atoms with Gasteiger partial charge in [0.05, 0.1) is 6.54 Å². The first-order valence-corrected chi connectivity index (χ1v) is 9.65. The molecule has 0 fully saturated rings. The first kappa shape index (κ1) is 26.6. The lowest BCUT2D eigenvalue weighted by Gasteiger charge is -2.24. The number of carbonyl (C=O) groups is 5. The SMILES string of the molecule is NCCCCC(NC(=O)C(CS)NC(=O)CN)C(=O)NC(CCC(=O)O)C(=O)O. The van der Waals surface area contributed by atoms with Crippen LogP contribution in [0.1, 0.15) is 32.1 Å². The van der Waals surface area contributed by atoms with Gasteiger partial charge in [-0.3, -0.25) is 19.2 Å². The van der Waals surface area contributed by atoms with E-state index in [0.717, 1.165) is 0 Å². The van der Waals surface area contributed by atoms with E-state index in [9.17, 15) is 29.1 Å². The summed E-state index contributed by atoms with van der Waals surface area (Å²) in [5.74, 6) is -4.70. The Morgan fingerprint density at radius 2 is 1.41 bits per heavy atom. The molecule has 0 bridgehead atoms. The van der Waals surface area contributed by atoms with Gasteiger partial charge in [0, 0.05) is 12.2 Å². The van der Waals surface area contributed by atoms with Crippen molar-refractivity contribution >= 4 is 42.3 Å². The predicted molar refractivity (Wildman–Crippen MR) is 106 cm³/mol. The standard InChI is InChI=1S/C16H29N5O7S/c17-6-2-1-3-9(20-15(26)11(8-29)19-12(22)7-18)14(25)21-10(16(27)28)4-5-13(23)24/h9-11,29H,1-8,17-18H2,(H,19,22)(H,20,26)(H,21,25)(H,23,24)(H,27,28). The Morgan fingerprint density at radius 1 is 0.828 bits per heavy atom. The summed E-state index contributed by atoms with van der Waals surface area (Å²) in [6.07, 6.45) is 0.452. The fourth-order valence-electron chi connectivity index (χ4n) is 2.28. The van der Waals surface area contributed by atoms with E-state index in [0.29, 0.717) is 19.4 Å². The number of carbonyl (C=O) groups excluding carboxylic acids is 3. The topological polar surface area (TPSA) is 214 Å². The van der Waals surface area contributed by atoms with Gasteiger partial charge in [-0.25, -0.2) is 4.79 Å². The lowest BCUT2D eigenvalue weighted by atomic mass is 10.1. The highest BCUT2D eigenvalue weighted by Gasteiger charge is 2.29. The minimum Gasteiger partial charge on any atom is -0.481 e. The molecule has 0 aliphatic carbocycles. The molecular formula is C16H29N5O7S. The minimum atomic E-state index is -1.43. The molecule has 0 saturated heterocycles. The molecule has 0 heterocycles. The van der Waals surface area contributed by atoms with Gasteiger partial charge in [-0.2, -0.15) is 12.6 Å². The third-order valence-electron chi connectivity index (χ3n) is 3.86. The van der Waals surface area contributed by atoms with Crippen molar-refractivity contribution in [3.63, 3.8) is 0 Å². The summed E-state index contributed by atoms with van der Waals surface area (Å²) in [5, 5.41) is 24.9. The van der Waals surface area contributed by atoms with E-state index >= 15 is 0 Å². The maximum absolute atomic E-state index is 12.5. The van der Waals surface area contributed by atoms with Crippen LogP contribution in [0.4, 0.5) is 0 Å². The first-order valence-electron chi connectivity index (χ1n) is 9.01. The molecule has 0 aromatic rings. The minimum absolute atomic E-state index is 0.0505. The second-order valence-corrected chi connectivity index (χ2v) is 6.55. The Bertz CT molecular complexity index is 590. The van der Waals surface area contributed by atoms with Gasteiger partial charge >= 0.3 is 11.9 Å². The molecule has 9 N–H and O–H groups in total. The highest BCUT2D eigenvalue weighted by atomic mass is 32.1. The Balaban J connectivity index is 5.18. The van der Waals surface area contributed by atoms with Crippen LogP contribution in [-0.2, 0) is 24.0 Å². The Labute approximate surface area is 173 Å². The van der Waals surface area contributed by atoms with Gasteiger partial charge in [-0.05, 0) is 32.2 Å². The number of thiol groups is 1. The van der Waals surface area contributed by atoms with Crippen LogP contribution in [0.5, 0.6) is 0 Å². The van der Waals surface area contributed by atoms with Crippen LogP contribution >= 0.6 is 12.6 Å². The van der Waals surface area contributed by atoms with E-state index in [2.05, 4.69) is 28.6 Å². The number of nitrogens with two attached hydrogens (primary N) is 2. The van der Waals surface area contributed by atoms with E-state index in [1.165, 1.54) is 0 Å². The molecule has 0 aromatic carbocycles. The molecule has 3 amide bonds. The molecule has 0 aliphatic heterocycles. The highest BCUT2D eigenvalue weighted by molar-refractivity contribution is 7.80. The summed E-state index contributed by atoms with van der Waals surface area (Å²) in [6, 6.07) is -3.57. The number of hydrogen-bond acceptors (Lipinski definition) is 8. The third kappa shape index (κ3) is 11.3. The van der Waals surface area contributed by atoms with Crippen molar-refractivity contribution in [3.05, 3.63) is 0 Å². The molecular weight excluding hydrogens is 406 g/mol. The van der Waals surface area contributed by atoms with Crippen molar-refractivity contribution in [2.45, 2.75) is 50.2 Å². The number of carboxylic acid groups (broad SMARTS) is 2. The van der Waals surface area contributed by atoms with Gasteiger partial charge in [0.15, 0.2) is 0 Å². The maximum atomic E-state index is 12.5. The number of rotatable bonds is 15. The Morgan fingerprint density at radius 3 is 1.90 bits per heavy atom. The van der Waals surface area contributed by atoms with Crippen molar-refractivity contribution < 1.29 is 34.2 Å². The fraction of sp³-hybridized carbons (Fsp3) is 0.688. The zero-order valence-electron chi connectivity index (χ0n) is 15.9. The second kappa shape index (κ2) is 14.6.